The molecule has 0 aliphatic carbocycles. The number of nitrogens with zero attached hydrogens (tertiary/aromatic N) is 1. The van der Waals surface area contributed by atoms with Crippen molar-refractivity contribution in [2.75, 3.05) is 24.6 Å². The lowest BCUT2D eigenvalue weighted by Gasteiger charge is -2.30. The van der Waals surface area contributed by atoms with Crippen molar-refractivity contribution < 1.29 is 9.59 Å². The molecule has 1 aromatic rings. The first-order valence-corrected chi connectivity index (χ1v) is 6.21. The molecule has 1 heterocycles. The number of nitrogens with one attached hydrogen (secondary N) is 2. The van der Waals surface area contributed by atoms with Crippen molar-refractivity contribution >= 4 is 23.3 Å². The summed E-state index contributed by atoms with van der Waals surface area (Å²) in [4.78, 5) is 24.8. The van der Waals surface area contributed by atoms with Crippen LogP contribution in [0.25, 0.3) is 0 Å². The molecule has 1 unspecified atom stereocenters. The molecule has 1 aliphatic heterocycles. The van der Waals surface area contributed by atoms with Crippen LogP contribution in [0.15, 0.2) is 24.3 Å². The Morgan fingerprint density at radius 3 is 2.68 bits per heavy atom. The molecular weight excluding hydrogens is 244 g/mol. The molecule has 1 aromatic carbocycles. The van der Waals surface area contributed by atoms with E-state index < -0.39 is 0 Å². The molecule has 0 spiro atoms. The van der Waals surface area contributed by atoms with E-state index in [0.717, 1.165) is 0 Å². The molecule has 1 saturated heterocycles. The third-order valence-corrected chi connectivity index (χ3v) is 3.13. The molecular formula is C13H18N4O2. The van der Waals surface area contributed by atoms with Gasteiger partial charge in [0.25, 0.3) is 0 Å². The van der Waals surface area contributed by atoms with E-state index in [4.69, 9.17) is 5.73 Å². The van der Waals surface area contributed by atoms with E-state index in [1.54, 1.807) is 36.2 Å². The maximum atomic E-state index is 11.8. The largest absolute Gasteiger partial charge is 0.399 e. The average Bonchev–Trinajstić information content (AvgIpc) is 2.37. The first-order chi connectivity index (χ1) is 9.04. The van der Waals surface area contributed by atoms with Gasteiger partial charge in [-0.1, -0.05) is 0 Å². The molecule has 1 atom stereocenters. The third-order valence-electron chi connectivity index (χ3n) is 3.13. The minimum absolute atomic E-state index is 0.00326. The van der Waals surface area contributed by atoms with Crippen LogP contribution in [-0.2, 0) is 4.79 Å². The van der Waals surface area contributed by atoms with Crippen LogP contribution >= 0.6 is 0 Å². The number of nitrogens with two attached hydrogens (primary N) is 1. The molecule has 0 radical (unpaired) electrons. The molecule has 0 aromatic heterocycles. The number of hydrogen-bond donors (Lipinski definition) is 3. The van der Waals surface area contributed by atoms with Crippen LogP contribution in [-0.4, -0.2) is 36.5 Å². The van der Waals surface area contributed by atoms with Gasteiger partial charge >= 0.3 is 6.03 Å². The number of nitrogen functional groups attached to an aromatic ring is 1. The monoisotopic (exact) mass is 262 g/mol. The van der Waals surface area contributed by atoms with Crippen molar-refractivity contribution in [3.63, 3.8) is 0 Å². The molecule has 3 amide bonds. The van der Waals surface area contributed by atoms with E-state index in [2.05, 4.69) is 10.6 Å². The maximum Gasteiger partial charge on any atom is 0.319 e. The highest BCUT2D eigenvalue weighted by Crippen LogP contribution is 2.12. The van der Waals surface area contributed by atoms with Gasteiger partial charge in [0.1, 0.15) is 0 Å². The normalized spacial score (nSPS) is 19.1. The lowest BCUT2D eigenvalue weighted by atomic mass is 10.1. The molecule has 1 aliphatic rings. The fourth-order valence-corrected chi connectivity index (χ4v) is 2.05. The highest BCUT2D eigenvalue weighted by molar-refractivity contribution is 5.89. The van der Waals surface area contributed by atoms with Crippen LogP contribution in [0.1, 0.15) is 12.8 Å². The fourth-order valence-electron chi connectivity index (χ4n) is 2.05. The summed E-state index contributed by atoms with van der Waals surface area (Å²) < 4.78 is 0. The van der Waals surface area contributed by atoms with Crippen molar-refractivity contribution in [3.05, 3.63) is 24.3 Å². The van der Waals surface area contributed by atoms with Crippen LogP contribution in [0, 0.1) is 0 Å². The molecule has 1 fully saturated rings. The van der Waals surface area contributed by atoms with Crippen LogP contribution < -0.4 is 16.4 Å². The van der Waals surface area contributed by atoms with Crippen molar-refractivity contribution in [1.29, 1.82) is 0 Å². The number of piperidine rings is 1. The second-order valence-electron chi connectivity index (χ2n) is 4.73. The highest BCUT2D eigenvalue weighted by atomic mass is 16.2. The molecule has 4 N–H and O–H groups in total. The van der Waals surface area contributed by atoms with Gasteiger partial charge in [-0.3, -0.25) is 4.79 Å². The number of hydrogen-bond acceptors (Lipinski definition) is 3. The summed E-state index contributed by atoms with van der Waals surface area (Å²) in [5, 5.41) is 5.59. The van der Waals surface area contributed by atoms with Crippen molar-refractivity contribution in [3.8, 4) is 0 Å². The Kier molecular flexibility index (Phi) is 3.89. The molecule has 0 saturated carbocycles. The van der Waals surface area contributed by atoms with Gasteiger partial charge in [-0.25, -0.2) is 4.79 Å². The Bertz CT molecular complexity index is 472. The lowest BCUT2D eigenvalue weighted by molar-refractivity contribution is -0.132. The van der Waals surface area contributed by atoms with Crippen molar-refractivity contribution in [2.45, 2.75) is 18.9 Å². The number of likely N-dealkylation sites (N-methyl/N-ethyl adjacent to an activating group) is 1. The Labute approximate surface area is 112 Å². The molecule has 0 bridgehead atoms. The van der Waals surface area contributed by atoms with Gasteiger partial charge < -0.3 is 21.3 Å². The van der Waals surface area contributed by atoms with Gasteiger partial charge in [0.15, 0.2) is 0 Å². The predicted molar refractivity (Wildman–Crippen MR) is 73.7 cm³/mol. The second kappa shape index (κ2) is 5.60. The van der Waals surface area contributed by atoms with E-state index >= 15 is 0 Å². The van der Waals surface area contributed by atoms with Crippen LogP contribution in [0.4, 0.5) is 16.2 Å². The number of carbonyl (C=O) groups excluding carboxylic acids is 2. The van der Waals surface area contributed by atoms with E-state index in [1.807, 2.05) is 0 Å². The highest BCUT2D eigenvalue weighted by Gasteiger charge is 2.23. The zero-order valence-corrected chi connectivity index (χ0v) is 10.8. The quantitative estimate of drug-likeness (QED) is 0.695. The SMILES string of the molecule is CN1CC(NC(=O)Nc2ccc(N)cc2)CCC1=O. The van der Waals surface area contributed by atoms with Crippen molar-refractivity contribution in [2.24, 2.45) is 0 Å². The number of likely N-dealkylation sites (tertiary alicyclic amines) is 1. The van der Waals surface area contributed by atoms with Gasteiger partial charge in [-0.2, -0.15) is 0 Å². The Hall–Kier alpha value is -2.24. The topological polar surface area (TPSA) is 87.5 Å². The summed E-state index contributed by atoms with van der Waals surface area (Å²) in [5.41, 5.74) is 6.91. The molecule has 6 nitrogen and oxygen atoms in total. The summed E-state index contributed by atoms with van der Waals surface area (Å²) in [6, 6.07) is 6.66. The summed E-state index contributed by atoms with van der Waals surface area (Å²) in [6.07, 6.45) is 1.15. The third kappa shape index (κ3) is 3.61. The van der Waals surface area contributed by atoms with Crippen molar-refractivity contribution in [1.82, 2.24) is 10.2 Å². The summed E-state index contributed by atoms with van der Waals surface area (Å²) in [5.74, 6) is 0.122. The van der Waals surface area contributed by atoms with Gasteiger partial charge in [-0.05, 0) is 30.7 Å². The number of anilines is 2. The molecule has 102 valence electrons. The standard InChI is InChI=1S/C13H18N4O2/c1-17-8-11(6-7-12(17)18)16-13(19)15-10-4-2-9(14)3-5-10/h2-5,11H,6-8,14H2,1H3,(H2,15,16,19). The van der Waals surface area contributed by atoms with E-state index in [1.165, 1.54) is 0 Å². The zero-order chi connectivity index (χ0) is 13.8. The van der Waals surface area contributed by atoms with Gasteiger partial charge in [-0.15, -0.1) is 0 Å². The first kappa shape index (κ1) is 13.2. The molecule has 2 rings (SSSR count). The number of amides is 3. The Morgan fingerprint density at radius 1 is 1.37 bits per heavy atom. The Morgan fingerprint density at radius 2 is 2.05 bits per heavy atom. The average molecular weight is 262 g/mol. The summed E-state index contributed by atoms with van der Waals surface area (Å²) in [6.45, 7) is 0.550. The minimum Gasteiger partial charge on any atom is -0.399 e. The zero-order valence-electron chi connectivity index (χ0n) is 10.8. The summed E-state index contributed by atoms with van der Waals surface area (Å²) >= 11 is 0. The Balaban J connectivity index is 1.84. The van der Waals surface area contributed by atoms with Gasteiger partial charge in [0, 0.05) is 37.4 Å². The lowest BCUT2D eigenvalue weighted by Crippen LogP contribution is -2.49. The van der Waals surface area contributed by atoms with Gasteiger partial charge in [0.05, 0.1) is 0 Å². The minimum atomic E-state index is -0.266. The first-order valence-electron chi connectivity index (χ1n) is 6.21. The maximum absolute atomic E-state index is 11.8. The fraction of sp³-hybridized carbons (Fsp3) is 0.385. The number of carbonyl (C=O) groups is 2. The number of urea groups is 1. The van der Waals surface area contributed by atoms with Crippen LogP contribution in [0.3, 0.4) is 0 Å². The smallest absolute Gasteiger partial charge is 0.319 e. The predicted octanol–water partition coefficient (Wildman–Crippen LogP) is 1.01. The number of benzene rings is 1. The van der Waals surface area contributed by atoms with Crippen LogP contribution in [0.5, 0.6) is 0 Å². The van der Waals surface area contributed by atoms with E-state index in [-0.39, 0.29) is 18.0 Å². The van der Waals surface area contributed by atoms with E-state index in [9.17, 15) is 9.59 Å². The van der Waals surface area contributed by atoms with E-state index in [0.29, 0.717) is 30.8 Å². The summed E-state index contributed by atoms with van der Waals surface area (Å²) in [7, 11) is 1.74. The second-order valence-corrected chi connectivity index (χ2v) is 4.73. The molecule has 6 heteroatoms. The molecule has 19 heavy (non-hydrogen) atoms. The van der Waals surface area contributed by atoms with Crippen LogP contribution in [0.2, 0.25) is 0 Å². The number of rotatable bonds is 2. The van der Waals surface area contributed by atoms with Gasteiger partial charge in [0.2, 0.25) is 5.91 Å².